The molecular weight excluding hydrogens is 689 g/mol. The molecule has 3 aromatic rings. The monoisotopic (exact) mass is 702 g/mol. The average Bonchev–Trinajstić information content (AvgIpc) is 2.92. The van der Waals surface area contributed by atoms with Gasteiger partial charge in [0.25, 0.3) is 11.8 Å². The number of pyridine rings is 1. The number of benzene rings is 2. The van der Waals surface area contributed by atoms with Crippen molar-refractivity contribution in [3.63, 3.8) is 0 Å². The molecule has 1 N–H and O–H groups in total. The van der Waals surface area contributed by atoms with Crippen LogP contribution in [0.3, 0.4) is 0 Å². The van der Waals surface area contributed by atoms with Crippen LogP contribution in [0.5, 0.6) is 0 Å². The minimum absolute atomic E-state index is 0.0693. The first-order valence-electron chi connectivity index (χ1n) is 11.7. The Morgan fingerprint density at radius 1 is 0.955 bits per heavy atom. The lowest BCUT2D eigenvalue weighted by molar-refractivity contribution is -0.348. The van der Waals surface area contributed by atoms with E-state index in [9.17, 15) is 53.5 Å². The molecule has 0 aliphatic rings. The zero-order chi connectivity index (χ0) is 33.3. The van der Waals surface area contributed by atoms with Crippen molar-refractivity contribution < 1.29 is 57.9 Å². The molecule has 0 saturated heterocycles. The second-order valence-corrected chi connectivity index (χ2v) is 9.59. The van der Waals surface area contributed by atoms with Crippen molar-refractivity contribution in [1.29, 1.82) is 5.26 Å². The third-order valence-corrected chi connectivity index (χ3v) is 6.55. The van der Waals surface area contributed by atoms with E-state index in [0.717, 1.165) is 29.3 Å². The van der Waals surface area contributed by atoms with Crippen LogP contribution in [0.15, 0.2) is 59.3 Å². The van der Waals surface area contributed by atoms with Crippen molar-refractivity contribution in [2.24, 2.45) is 0 Å². The number of carbonyl (C=O) groups is 2. The Hall–Kier alpha value is -4.27. The smallest absolute Gasteiger partial charge is 0.320 e. The molecule has 0 spiro atoms. The number of carbonyl (C=O) groups excluding carboxylic acids is 2. The maximum Gasteiger partial charge on any atom is 0.435 e. The number of nitrogens with zero attached hydrogens (tertiary/aromatic N) is 3. The molecule has 0 aliphatic heterocycles. The van der Waals surface area contributed by atoms with Gasteiger partial charge in [-0.15, -0.1) is 0 Å². The number of nitrogens with one attached hydrogen (secondary N) is 1. The van der Waals surface area contributed by atoms with Gasteiger partial charge in [0.15, 0.2) is 5.82 Å². The fourth-order valence-electron chi connectivity index (χ4n) is 3.87. The van der Waals surface area contributed by atoms with Gasteiger partial charge in [-0.05, 0) is 52.3 Å². The Morgan fingerprint density at radius 3 is 2.11 bits per heavy atom. The zero-order valence-corrected chi connectivity index (χ0v) is 22.9. The largest absolute Gasteiger partial charge is 0.435 e. The summed E-state index contributed by atoms with van der Waals surface area (Å²) in [7, 11) is 0. The minimum atomic E-state index is -6.74. The van der Waals surface area contributed by atoms with Crippen LogP contribution in [0, 0.1) is 17.1 Å². The Balaban J connectivity index is 2.12. The molecule has 234 valence electrons. The SMILES string of the molecule is N#CCCN(C(=O)c1cccnc1)c1cccc(C(=O)Nc2c(Br)cc(C(F)(C(F)(F)F)C(F)(F)F)cc2C(F)(F)F)c1F. The van der Waals surface area contributed by atoms with Crippen molar-refractivity contribution in [3.8, 4) is 6.07 Å². The van der Waals surface area contributed by atoms with Gasteiger partial charge in [0.1, 0.15) is 0 Å². The number of hydrogen-bond donors (Lipinski definition) is 1. The lowest BCUT2D eigenvalue weighted by atomic mass is 9.92. The molecule has 0 fully saturated rings. The van der Waals surface area contributed by atoms with Gasteiger partial charge < -0.3 is 10.2 Å². The molecule has 2 amide bonds. The molecule has 0 saturated carbocycles. The van der Waals surface area contributed by atoms with E-state index in [1.165, 1.54) is 18.3 Å². The molecule has 1 heterocycles. The van der Waals surface area contributed by atoms with E-state index < -0.39 is 87.0 Å². The van der Waals surface area contributed by atoms with E-state index >= 15 is 4.39 Å². The molecule has 0 aliphatic carbocycles. The van der Waals surface area contributed by atoms with Crippen molar-refractivity contribution in [2.75, 3.05) is 16.8 Å². The summed E-state index contributed by atoms with van der Waals surface area (Å²) in [4.78, 5) is 30.5. The topological polar surface area (TPSA) is 86.1 Å². The summed E-state index contributed by atoms with van der Waals surface area (Å²) >= 11 is 2.35. The number of halogens is 12. The summed E-state index contributed by atoms with van der Waals surface area (Å²) in [6.45, 7) is -0.416. The Kier molecular flexibility index (Phi) is 9.63. The lowest BCUT2D eigenvalue weighted by Gasteiger charge is -2.31. The highest BCUT2D eigenvalue weighted by Gasteiger charge is 2.73. The molecule has 0 unspecified atom stereocenters. The van der Waals surface area contributed by atoms with E-state index in [1.807, 2.05) is 0 Å². The molecule has 2 aromatic carbocycles. The van der Waals surface area contributed by atoms with Crippen LogP contribution >= 0.6 is 15.9 Å². The second kappa shape index (κ2) is 12.4. The van der Waals surface area contributed by atoms with Gasteiger partial charge in [-0.3, -0.25) is 14.6 Å². The summed E-state index contributed by atoms with van der Waals surface area (Å²) in [5.41, 5.74) is -14.2. The Morgan fingerprint density at radius 2 is 1.59 bits per heavy atom. The first kappa shape index (κ1) is 34.2. The normalized spacial score (nSPS) is 12.4. The van der Waals surface area contributed by atoms with Crippen molar-refractivity contribution >= 4 is 39.1 Å². The molecule has 44 heavy (non-hydrogen) atoms. The zero-order valence-electron chi connectivity index (χ0n) is 21.3. The van der Waals surface area contributed by atoms with Gasteiger partial charge in [0.05, 0.1) is 40.6 Å². The number of alkyl halides is 10. The molecule has 1 aromatic heterocycles. The number of anilines is 2. The van der Waals surface area contributed by atoms with Gasteiger partial charge >= 0.3 is 24.2 Å². The Labute approximate surface area is 248 Å². The number of hydrogen-bond acceptors (Lipinski definition) is 4. The first-order chi connectivity index (χ1) is 20.3. The van der Waals surface area contributed by atoms with E-state index in [0.29, 0.717) is 0 Å². The molecule has 0 atom stereocenters. The van der Waals surface area contributed by atoms with Crippen LogP contribution in [0.1, 0.15) is 38.3 Å². The summed E-state index contributed by atoms with van der Waals surface area (Å²) in [6.07, 6.45) is -17.1. The van der Waals surface area contributed by atoms with Gasteiger partial charge in [0.2, 0.25) is 0 Å². The summed E-state index contributed by atoms with van der Waals surface area (Å²) in [6, 6.07) is 6.13. The van der Waals surface area contributed by atoms with Gasteiger partial charge in [-0.25, -0.2) is 8.78 Å². The summed E-state index contributed by atoms with van der Waals surface area (Å²) in [5.74, 6) is -4.06. The van der Waals surface area contributed by atoms with Crippen LogP contribution < -0.4 is 10.2 Å². The maximum atomic E-state index is 15.6. The first-order valence-corrected chi connectivity index (χ1v) is 12.5. The van der Waals surface area contributed by atoms with Crippen LogP contribution in [0.4, 0.5) is 59.7 Å². The predicted molar refractivity (Wildman–Crippen MR) is 135 cm³/mol. The van der Waals surface area contributed by atoms with Crippen LogP contribution in [0.25, 0.3) is 0 Å². The molecule has 6 nitrogen and oxygen atoms in total. The summed E-state index contributed by atoms with van der Waals surface area (Å²) in [5, 5.41) is 10.5. The number of aromatic nitrogens is 1. The number of rotatable bonds is 7. The highest BCUT2D eigenvalue weighted by Crippen LogP contribution is 2.55. The fraction of sp³-hybridized carbons (Fsp3) is 0.231. The van der Waals surface area contributed by atoms with Crippen molar-refractivity contribution in [2.45, 2.75) is 30.6 Å². The average molecular weight is 703 g/mol. The van der Waals surface area contributed by atoms with Gasteiger partial charge in [-0.1, -0.05) is 6.07 Å². The predicted octanol–water partition coefficient (Wildman–Crippen LogP) is 8.10. The van der Waals surface area contributed by atoms with E-state index in [2.05, 4.69) is 20.9 Å². The van der Waals surface area contributed by atoms with E-state index in [1.54, 1.807) is 11.4 Å². The number of amides is 2. The highest BCUT2D eigenvalue weighted by atomic mass is 79.9. The molecule has 3 rings (SSSR count). The lowest BCUT2D eigenvalue weighted by Crippen LogP contribution is -2.50. The molecule has 0 radical (unpaired) electrons. The number of nitriles is 1. The molecular formula is C26H14BrF11N4O2. The molecule has 18 heteroatoms. The van der Waals surface area contributed by atoms with Crippen LogP contribution in [-0.2, 0) is 11.8 Å². The molecule has 0 bridgehead atoms. The van der Waals surface area contributed by atoms with Gasteiger partial charge in [0, 0.05) is 29.0 Å². The van der Waals surface area contributed by atoms with Crippen molar-refractivity contribution in [1.82, 2.24) is 4.98 Å². The van der Waals surface area contributed by atoms with E-state index in [-0.39, 0.29) is 18.1 Å². The third-order valence-electron chi connectivity index (χ3n) is 5.93. The minimum Gasteiger partial charge on any atom is -0.320 e. The second-order valence-electron chi connectivity index (χ2n) is 8.73. The fourth-order valence-corrected chi connectivity index (χ4v) is 4.43. The summed E-state index contributed by atoms with van der Waals surface area (Å²) < 4.78 is 150. The van der Waals surface area contributed by atoms with E-state index in [4.69, 9.17) is 5.26 Å². The van der Waals surface area contributed by atoms with Gasteiger partial charge in [-0.2, -0.15) is 44.8 Å². The standard InChI is InChI=1S/C26H14BrF11N4O2/c27-17-11-14(23(29,25(33,34)35)26(36,37)38)10-16(24(30,31)32)20(17)41-21(43)15-5-1-6-18(19(15)28)42(9-3-7-39)22(44)13-4-2-8-40-12-13/h1-2,4-6,8,10-12H,3,9H2,(H,41,43). The van der Waals surface area contributed by atoms with Crippen molar-refractivity contribution in [3.05, 3.63) is 87.4 Å². The maximum absolute atomic E-state index is 15.6. The quantitative estimate of drug-likeness (QED) is 0.252. The highest BCUT2D eigenvalue weighted by molar-refractivity contribution is 9.10. The third kappa shape index (κ3) is 6.61. The van der Waals surface area contributed by atoms with Crippen LogP contribution in [-0.4, -0.2) is 35.7 Å². The Bertz CT molecular complexity index is 1590. The van der Waals surface area contributed by atoms with Crippen LogP contribution in [0.2, 0.25) is 0 Å².